The zero-order valence-corrected chi connectivity index (χ0v) is 10.6. The lowest BCUT2D eigenvalue weighted by molar-refractivity contribution is 0.197. The largest absolute Gasteiger partial charge is 0.395 e. The number of benzene rings is 1. The Morgan fingerprint density at radius 3 is 2.83 bits per heavy atom. The highest BCUT2D eigenvalue weighted by atomic mass is 19.1. The smallest absolute Gasteiger partial charge is 0.138 e. The van der Waals surface area contributed by atoms with Crippen LogP contribution in [0.25, 0.3) is 0 Å². The van der Waals surface area contributed by atoms with E-state index in [1.807, 2.05) is 6.92 Å². The van der Waals surface area contributed by atoms with Crippen LogP contribution in [0.4, 0.5) is 4.39 Å². The summed E-state index contributed by atoms with van der Waals surface area (Å²) in [4.78, 5) is 2.08. The molecule has 18 heavy (non-hydrogen) atoms. The SMILES string of the molecule is CCN(CCO)Cc1ccc(F)c(C#CCN)c1. The molecule has 0 radical (unpaired) electrons. The maximum Gasteiger partial charge on any atom is 0.138 e. The fourth-order valence-electron chi connectivity index (χ4n) is 1.66. The van der Waals surface area contributed by atoms with Crippen LogP contribution in [0.3, 0.4) is 0 Å². The van der Waals surface area contributed by atoms with Crippen LogP contribution in [0, 0.1) is 17.7 Å². The Labute approximate surface area is 107 Å². The van der Waals surface area contributed by atoms with Crippen molar-refractivity contribution >= 4 is 0 Å². The Hall–Kier alpha value is -1.41. The lowest BCUT2D eigenvalue weighted by atomic mass is 10.1. The minimum Gasteiger partial charge on any atom is -0.395 e. The van der Waals surface area contributed by atoms with Crippen LogP contribution in [0.15, 0.2) is 18.2 Å². The Morgan fingerprint density at radius 1 is 1.44 bits per heavy atom. The minimum atomic E-state index is -0.329. The number of hydrogen-bond acceptors (Lipinski definition) is 3. The van der Waals surface area contributed by atoms with Gasteiger partial charge < -0.3 is 10.8 Å². The molecular formula is C14H19FN2O. The molecular weight excluding hydrogens is 231 g/mol. The third-order valence-corrected chi connectivity index (χ3v) is 2.63. The van der Waals surface area contributed by atoms with Gasteiger partial charge in [0.1, 0.15) is 5.82 Å². The molecule has 3 N–H and O–H groups in total. The molecule has 1 rings (SSSR count). The molecule has 0 spiro atoms. The van der Waals surface area contributed by atoms with E-state index < -0.39 is 0 Å². The zero-order valence-electron chi connectivity index (χ0n) is 10.6. The molecule has 0 heterocycles. The van der Waals surface area contributed by atoms with Crippen molar-refractivity contribution in [3.63, 3.8) is 0 Å². The average molecular weight is 250 g/mol. The highest BCUT2D eigenvalue weighted by molar-refractivity contribution is 5.38. The molecule has 1 aromatic rings. The van der Waals surface area contributed by atoms with Gasteiger partial charge in [0.2, 0.25) is 0 Å². The van der Waals surface area contributed by atoms with Crippen LogP contribution in [0.1, 0.15) is 18.1 Å². The number of likely N-dealkylation sites (N-methyl/N-ethyl adjacent to an activating group) is 1. The van der Waals surface area contributed by atoms with E-state index in [-0.39, 0.29) is 19.0 Å². The molecule has 0 bridgehead atoms. The molecule has 0 amide bonds. The quantitative estimate of drug-likeness (QED) is 0.765. The van der Waals surface area contributed by atoms with Crippen molar-refractivity contribution in [3.8, 4) is 11.8 Å². The van der Waals surface area contributed by atoms with E-state index >= 15 is 0 Å². The molecule has 0 aliphatic carbocycles. The van der Waals surface area contributed by atoms with Crippen molar-refractivity contribution in [1.82, 2.24) is 4.90 Å². The summed E-state index contributed by atoms with van der Waals surface area (Å²) in [6, 6.07) is 4.89. The van der Waals surface area contributed by atoms with Crippen molar-refractivity contribution in [1.29, 1.82) is 0 Å². The molecule has 0 aliphatic rings. The average Bonchev–Trinajstić information content (AvgIpc) is 2.38. The second-order valence-electron chi connectivity index (χ2n) is 3.91. The number of aliphatic hydroxyl groups excluding tert-OH is 1. The molecule has 0 saturated carbocycles. The molecule has 4 heteroatoms. The second kappa shape index (κ2) is 7.83. The van der Waals surface area contributed by atoms with E-state index in [1.165, 1.54) is 6.07 Å². The normalized spacial score (nSPS) is 10.3. The molecule has 0 unspecified atom stereocenters. The van der Waals surface area contributed by atoms with E-state index in [4.69, 9.17) is 10.8 Å². The Kier molecular flexibility index (Phi) is 6.37. The van der Waals surface area contributed by atoms with Gasteiger partial charge in [-0.3, -0.25) is 4.90 Å². The monoisotopic (exact) mass is 250 g/mol. The molecule has 0 saturated heterocycles. The zero-order chi connectivity index (χ0) is 13.4. The Balaban J connectivity index is 2.83. The molecule has 0 fully saturated rings. The van der Waals surface area contributed by atoms with Crippen molar-refractivity contribution in [2.45, 2.75) is 13.5 Å². The summed E-state index contributed by atoms with van der Waals surface area (Å²) >= 11 is 0. The summed E-state index contributed by atoms with van der Waals surface area (Å²) in [7, 11) is 0. The van der Waals surface area contributed by atoms with Crippen LogP contribution in [0.5, 0.6) is 0 Å². The van der Waals surface area contributed by atoms with Crippen molar-refractivity contribution < 1.29 is 9.50 Å². The Morgan fingerprint density at radius 2 is 2.22 bits per heavy atom. The summed E-state index contributed by atoms with van der Waals surface area (Å²) in [5, 5.41) is 8.92. The van der Waals surface area contributed by atoms with Gasteiger partial charge in [-0.25, -0.2) is 4.39 Å². The fraction of sp³-hybridized carbons (Fsp3) is 0.429. The standard InChI is InChI=1S/C14H19FN2O/c1-2-17(8-9-18)11-12-5-6-14(15)13(10-12)4-3-7-16/h5-6,10,18H,2,7-9,11,16H2,1H3. The van der Waals surface area contributed by atoms with Crippen LogP contribution in [-0.2, 0) is 6.54 Å². The fourth-order valence-corrected chi connectivity index (χ4v) is 1.66. The van der Waals surface area contributed by atoms with Gasteiger partial charge in [0.15, 0.2) is 0 Å². The van der Waals surface area contributed by atoms with Crippen molar-refractivity contribution in [2.24, 2.45) is 5.73 Å². The predicted octanol–water partition coefficient (Wildman–Crippen LogP) is 0.950. The first-order valence-corrected chi connectivity index (χ1v) is 6.01. The highest BCUT2D eigenvalue weighted by Gasteiger charge is 2.05. The van der Waals surface area contributed by atoms with Gasteiger partial charge in [0, 0.05) is 13.1 Å². The third-order valence-electron chi connectivity index (χ3n) is 2.63. The van der Waals surface area contributed by atoms with E-state index in [2.05, 4.69) is 16.7 Å². The molecule has 3 nitrogen and oxygen atoms in total. The molecule has 0 atom stereocenters. The summed E-state index contributed by atoms with van der Waals surface area (Å²) < 4.78 is 13.5. The summed E-state index contributed by atoms with van der Waals surface area (Å²) in [6.45, 7) is 4.48. The van der Waals surface area contributed by atoms with E-state index in [0.29, 0.717) is 18.7 Å². The third kappa shape index (κ3) is 4.46. The first-order valence-electron chi connectivity index (χ1n) is 6.01. The van der Waals surface area contributed by atoms with Crippen LogP contribution < -0.4 is 5.73 Å². The van der Waals surface area contributed by atoms with E-state index in [9.17, 15) is 4.39 Å². The summed E-state index contributed by atoms with van der Waals surface area (Å²) in [5.74, 6) is 5.04. The lowest BCUT2D eigenvalue weighted by Gasteiger charge is -2.19. The number of hydrogen-bond donors (Lipinski definition) is 2. The number of rotatable bonds is 5. The van der Waals surface area contributed by atoms with Crippen LogP contribution >= 0.6 is 0 Å². The van der Waals surface area contributed by atoms with Crippen molar-refractivity contribution in [2.75, 3.05) is 26.2 Å². The van der Waals surface area contributed by atoms with Crippen molar-refractivity contribution in [3.05, 3.63) is 35.1 Å². The van der Waals surface area contributed by atoms with E-state index in [1.54, 1.807) is 12.1 Å². The maximum atomic E-state index is 13.5. The Bertz CT molecular complexity index is 437. The topological polar surface area (TPSA) is 49.5 Å². The number of aliphatic hydroxyl groups is 1. The molecule has 98 valence electrons. The molecule has 1 aromatic carbocycles. The first kappa shape index (κ1) is 14.7. The molecule has 0 aliphatic heterocycles. The predicted molar refractivity (Wildman–Crippen MR) is 70.4 cm³/mol. The molecule has 0 aromatic heterocycles. The highest BCUT2D eigenvalue weighted by Crippen LogP contribution is 2.11. The van der Waals surface area contributed by atoms with Gasteiger partial charge >= 0.3 is 0 Å². The number of nitrogens with two attached hydrogens (primary N) is 1. The summed E-state index contributed by atoms with van der Waals surface area (Å²) in [6.07, 6.45) is 0. The van der Waals surface area contributed by atoms with Crippen LogP contribution in [0.2, 0.25) is 0 Å². The number of nitrogens with zero attached hydrogens (tertiary/aromatic N) is 1. The van der Waals surface area contributed by atoms with Gasteiger partial charge in [-0.2, -0.15) is 0 Å². The number of halogens is 1. The maximum absolute atomic E-state index is 13.5. The van der Waals surface area contributed by atoms with Gasteiger partial charge in [0.05, 0.1) is 18.7 Å². The van der Waals surface area contributed by atoms with Gasteiger partial charge in [-0.15, -0.1) is 0 Å². The van der Waals surface area contributed by atoms with Crippen LogP contribution in [-0.4, -0.2) is 36.2 Å². The minimum absolute atomic E-state index is 0.120. The lowest BCUT2D eigenvalue weighted by Crippen LogP contribution is -2.26. The van der Waals surface area contributed by atoms with E-state index in [0.717, 1.165) is 12.1 Å². The van der Waals surface area contributed by atoms with Gasteiger partial charge in [-0.1, -0.05) is 24.8 Å². The van der Waals surface area contributed by atoms with Gasteiger partial charge in [0.25, 0.3) is 0 Å². The van der Waals surface area contributed by atoms with Gasteiger partial charge in [-0.05, 0) is 24.2 Å². The second-order valence-corrected chi connectivity index (χ2v) is 3.91. The first-order chi connectivity index (χ1) is 8.71. The summed E-state index contributed by atoms with van der Waals surface area (Å²) in [5.41, 5.74) is 6.63.